The van der Waals surface area contributed by atoms with E-state index in [1.807, 2.05) is 0 Å². The van der Waals surface area contributed by atoms with E-state index in [9.17, 15) is 10.1 Å². The lowest BCUT2D eigenvalue weighted by atomic mass is 10.0. The van der Waals surface area contributed by atoms with Gasteiger partial charge in [0.2, 0.25) is 0 Å². The molecule has 0 saturated heterocycles. The van der Waals surface area contributed by atoms with Crippen molar-refractivity contribution < 1.29 is 4.92 Å². The van der Waals surface area contributed by atoms with Crippen LogP contribution in [0.15, 0.2) is 12.3 Å². The van der Waals surface area contributed by atoms with Gasteiger partial charge in [0.15, 0.2) is 0 Å². The zero-order valence-corrected chi connectivity index (χ0v) is 11.4. The van der Waals surface area contributed by atoms with Gasteiger partial charge in [-0.2, -0.15) is 0 Å². The number of nitrogens with one attached hydrogen (secondary N) is 1. The molecule has 0 radical (unpaired) electrons. The van der Waals surface area contributed by atoms with Crippen LogP contribution in [0.4, 0.5) is 11.5 Å². The number of hydrogen-bond donors (Lipinski definition) is 1. The number of pyridine rings is 1. The second kappa shape index (κ2) is 3.67. The summed E-state index contributed by atoms with van der Waals surface area (Å²) < 4.78 is 0. The van der Waals surface area contributed by atoms with E-state index in [-0.39, 0.29) is 16.5 Å². The van der Waals surface area contributed by atoms with E-state index in [2.05, 4.69) is 38.0 Å². The summed E-state index contributed by atoms with van der Waals surface area (Å²) >= 11 is 0. The fourth-order valence-corrected chi connectivity index (χ4v) is 2.52. The van der Waals surface area contributed by atoms with Gasteiger partial charge in [-0.05, 0) is 23.8 Å². The summed E-state index contributed by atoms with van der Waals surface area (Å²) in [6.45, 7) is 10.6. The molecule has 1 aliphatic rings. The average molecular weight is 249 g/mol. The van der Waals surface area contributed by atoms with Crippen LogP contribution in [0, 0.1) is 27.9 Å². The van der Waals surface area contributed by atoms with Gasteiger partial charge in [-0.1, -0.05) is 27.7 Å². The van der Waals surface area contributed by atoms with Gasteiger partial charge < -0.3 is 5.32 Å². The molecule has 1 aliphatic carbocycles. The Labute approximate surface area is 107 Å². The number of hydrogen-bond acceptors (Lipinski definition) is 4. The fourth-order valence-electron chi connectivity index (χ4n) is 2.52. The van der Waals surface area contributed by atoms with Crippen molar-refractivity contribution in [3.05, 3.63) is 27.9 Å². The molecule has 18 heavy (non-hydrogen) atoms. The molecular formula is C13H19N3O2. The highest BCUT2D eigenvalue weighted by atomic mass is 16.6. The van der Waals surface area contributed by atoms with Crippen molar-refractivity contribution in [1.29, 1.82) is 0 Å². The molecule has 1 saturated carbocycles. The highest BCUT2D eigenvalue weighted by Crippen LogP contribution is 2.63. The zero-order valence-electron chi connectivity index (χ0n) is 11.4. The number of rotatable bonds is 3. The summed E-state index contributed by atoms with van der Waals surface area (Å²) in [5.74, 6) is 0.710. The van der Waals surface area contributed by atoms with Gasteiger partial charge in [-0.15, -0.1) is 0 Å². The minimum atomic E-state index is -0.406. The summed E-state index contributed by atoms with van der Waals surface area (Å²) in [5.41, 5.74) is 1.12. The molecule has 0 spiro atoms. The average Bonchev–Trinajstić information content (AvgIpc) is 2.60. The molecule has 0 amide bonds. The smallest absolute Gasteiger partial charge is 0.290 e. The van der Waals surface area contributed by atoms with E-state index < -0.39 is 4.92 Å². The third-order valence-corrected chi connectivity index (χ3v) is 4.59. The van der Waals surface area contributed by atoms with Gasteiger partial charge in [-0.25, -0.2) is 4.98 Å². The first-order valence-corrected chi connectivity index (χ1v) is 6.05. The zero-order chi connectivity index (χ0) is 13.7. The molecule has 0 aromatic carbocycles. The third kappa shape index (κ3) is 1.74. The Bertz CT molecular complexity index is 495. The Balaban J connectivity index is 2.18. The van der Waals surface area contributed by atoms with Gasteiger partial charge in [0.1, 0.15) is 12.0 Å². The van der Waals surface area contributed by atoms with Crippen molar-refractivity contribution in [3.63, 3.8) is 0 Å². The Morgan fingerprint density at radius 1 is 1.33 bits per heavy atom. The highest BCUT2D eigenvalue weighted by molar-refractivity contribution is 5.49. The quantitative estimate of drug-likeness (QED) is 0.660. The van der Waals surface area contributed by atoms with Gasteiger partial charge in [0, 0.05) is 11.6 Å². The first kappa shape index (κ1) is 12.8. The van der Waals surface area contributed by atoms with E-state index in [0.717, 1.165) is 0 Å². The molecule has 1 N–H and O–H groups in total. The van der Waals surface area contributed by atoms with Gasteiger partial charge in [-0.3, -0.25) is 10.1 Å². The second-order valence-electron chi connectivity index (χ2n) is 6.13. The monoisotopic (exact) mass is 249 g/mol. The largest absolute Gasteiger partial charge is 0.366 e. The molecule has 1 fully saturated rings. The molecule has 5 nitrogen and oxygen atoms in total. The maximum Gasteiger partial charge on any atom is 0.290 e. The van der Waals surface area contributed by atoms with E-state index in [0.29, 0.717) is 17.4 Å². The first-order valence-electron chi connectivity index (χ1n) is 6.05. The van der Waals surface area contributed by atoms with Crippen molar-refractivity contribution in [2.24, 2.45) is 10.8 Å². The predicted molar refractivity (Wildman–Crippen MR) is 70.6 cm³/mol. The predicted octanol–water partition coefficient (Wildman–Crippen LogP) is 3.14. The summed E-state index contributed by atoms with van der Waals surface area (Å²) in [7, 11) is 0. The van der Waals surface area contributed by atoms with Crippen molar-refractivity contribution in [2.75, 3.05) is 5.32 Å². The topological polar surface area (TPSA) is 68.1 Å². The van der Waals surface area contributed by atoms with E-state index >= 15 is 0 Å². The molecule has 1 heterocycles. The molecule has 1 aromatic rings. The third-order valence-electron chi connectivity index (χ3n) is 4.59. The second-order valence-corrected chi connectivity index (χ2v) is 6.13. The molecule has 5 heteroatoms. The number of aromatic nitrogens is 1. The summed E-state index contributed by atoms with van der Waals surface area (Å²) in [4.78, 5) is 14.4. The molecule has 0 aliphatic heterocycles. The Kier molecular flexibility index (Phi) is 2.61. The molecule has 0 bridgehead atoms. The maximum absolute atomic E-state index is 10.7. The standard InChI is InChI=1S/C13H19N3O2/c1-8-6-10(14-7-9(8)16(17)18)15-11-12(2,3)13(11,4)5/h6-7,11H,1-5H3,(H,14,15). The van der Waals surface area contributed by atoms with Gasteiger partial charge in [0.05, 0.1) is 4.92 Å². The lowest BCUT2D eigenvalue weighted by molar-refractivity contribution is -0.385. The molecule has 0 atom stereocenters. The number of nitro groups is 1. The lowest BCUT2D eigenvalue weighted by Gasteiger charge is -2.08. The van der Waals surface area contributed by atoms with E-state index in [4.69, 9.17) is 0 Å². The lowest BCUT2D eigenvalue weighted by Crippen LogP contribution is -2.11. The minimum absolute atomic E-state index is 0.0647. The van der Waals surface area contributed by atoms with Crippen LogP contribution in [0.3, 0.4) is 0 Å². The van der Waals surface area contributed by atoms with Gasteiger partial charge in [0.25, 0.3) is 5.69 Å². The molecule has 98 valence electrons. The molecular weight excluding hydrogens is 230 g/mol. The summed E-state index contributed by atoms with van der Waals surface area (Å²) in [5, 5.41) is 14.1. The van der Waals surface area contributed by atoms with Crippen molar-refractivity contribution in [2.45, 2.75) is 40.7 Å². The van der Waals surface area contributed by atoms with Crippen molar-refractivity contribution in [3.8, 4) is 0 Å². The minimum Gasteiger partial charge on any atom is -0.366 e. The van der Waals surface area contributed by atoms with Crippen LogP contribution >= 0.6 is 0 Å². The molecule has 2 rings (SSSR count). The SMILES string of the molecule is Cc1cc(NC2C(C)(C)C2(C)C)ncc1[N+](=O)[O-]. The first-order chi connectivity index (χ1) is 8.18. The van der Waals surface area contributed by atoms with Crippen molar-refractivity contribution >= 4 is 11.5 Å². The Hall–Kier alpha value is -1.65. The van der Waals surface area contributed by atoms with Crippen LogP contribution in [0.2, 0.25) is 0 Å². The van der Waals surface area contributed by atoms with Crippen LogP contribution < -0.4 is 5.32 Å². The number of aryl methyl sites for hydroxylation is 1. The normalized spacial score (nSPS) is 20.5. The van der Waals surface area contributed by atoms with Crippen molar-refractivity contribution in [1.82, 2.24) is 4.98 Å². The Morgan fingerprint density at radius 2 is 1.89 bits per heavy atom. The fraction of sp³-hybridized carbons (Fsp3) is 0.615. The summed E-state index contributed by atoms with van der Waals surface area (Å²) in [6, 6.07) is 2.08. The van der Waals surface area contributed by atoms with Gasteiger partial charge >= 0.3 is 0 Å². The van der Waals surface area contributed by atoms with Crippen LogP contribution in [-0.4, -0.2) is 15.9 Å². The van der Waals surface area contributed by atoms with Crippen LogP contribution in [0.5, 0.6) is 0 Å². The molecule has 0 unspecified atom stereocenters. The number of nitrogens with zero attached hydrogens (tertiary/aromatic N) is 2. The van der Waals surface area contributed by atoms with Crippen LogP contribution in [0.25, 0.3) is 0 Å². The number of anilines is 1. The van der Waals surface area contributed by atoms with Crippen LogP contribution in [0.1, 0.15) is 33.3 Å². The van der Waals surface area contributed by atoms with E-state index in [1.54, 1.807) is 13.0 Å². The maximum atomic E-state index is 10.7. The Morgan fingerprint density at radius 3 is 2.28 bits per heavy atom. The summed E-state index contributed by atoms with van der Waals surface area (Å²) in [6.07, 6.45) is 1.32. The van der Waals surface area contributed by atoms with E-state index in [1.165, 1.54) is 6.20 Å². The molecule has 1 aromatic heterocycles. The highest BCUT2D eigenvalue weighted by Gasteiger charge is 2.65. The van der Waals surface area contributed by atoms with Crippen LogP contribution in [-0.2, 0) is 0 Å².